The quantitative estimate of drug-likeness (QED) is 0.478. The Morgan fingerprint density at radius 1 is 1.23 bits per heavy atom. The number of halogens is 3. The Kier molecular flexibility index (Phi) is 7.60. The largest absolute Gasteiger partial charge is 0.390 e. The normalized spacial score (nSPS) is 11.7. The molecule has 1 heterocycles. The summed E-state index contributed by atoms with van der Waals surface area (Å²) in [6, 6.07) is 4.71. The summed E-state index contributed by atoms with van der Waals surface area (Å²) >= 11 is 0. The summed E-state index contributed by atoms with van der Waals surface area (Å²) in [7, 11) is 1.60. The van der Waals surface area contributed by atoms with Crippen LogP contribution in [0.5, 0.6) is 0 Å². The van der Waals surface area contributed by atoms with Gasteiger partial charge in [0.15, 0.2) is 0 Å². The maximum absolute atomic E-state index is 13.1. The number of hydrogen-bond acceptors (Lipinski definition) is 5. The SMILES string of the molecule is C=NNc1cc(=O)[nH]c2cc(C)c(C(=O)N(CC)CCN(C)CCC(F)(F)F)cc12. The fourth-order valence-corrected chi connectivity index (χ4v) is 3.11. The number of carbonyl (C=O) groups excluding carboxylic acids is 1. The smallest absolute Gasteiger partial charge is 0.338 e. The van der Waals surface area contributed by atoms with E-state index in [-0.39, 0.29) is 18.0 Å². The number of H-pyrrole nitrogens is 1. The van der Waals surface area contributed by atoms with Gasteiger partial charge in [-0.05, 0) is 38.6 Å². The van der Waals surface area contributed by atoms with E-state index in [1.807, 2.05) is 6.92 Å². The van der Waals surface area contributed by atoms with Crippen molar-refractivity contribution in [2.45, 2.75) is 26.4 Å². The minimum atomic E-state index is -4.20. The number of benzene rings is 1. The average Bonchev–Trinajstić information content (AvgIpc) is 2.65. The van der Waals surface area contributed by atoms with Gasteiger partial charge >= 0.3 is 6.18 Å². The number of hydrogen-bond donors (Lipinski definition) is 2. The Hall–Kier alpha value is -2.88. The van der Waals surface area contributed by atoms with Crippen molar-refractivity contribution in [2.75, 3.05) is 38.7 Å². The van der Waals surface area contributed by atoms with Crippen LogP contribution in [0.1, 0.15) is 29.3 Å². The lowest BCUT2D eigenvalue weighted by Crippen LogP contribution is -2.38. The molecule has 0 saturated carbocycles. The molecule has 1 amide bonds. The van der Waals surface area contributed by atoms with Crippen LogP contribution in [0.25, 0.3) is 10.9 Å². The third-order valence-corrected chi connectivity index (χ3v) is 4.82. The lowest BCUT2D eigenvalue weighted by Gasteiger charge is -2.25. The molecule has 0 spiro atoms. The molecule has 0 fully saturated rings. The molecule has 164 valence electrons. The highest BCUT2D eigenvalue weighted by Gasteiger charge is 2.27. The molecule has 0 saturated heterocycles. The molecule has 2 N–H and O–H groups in total. The van der Waals surface area contributed by atoms with Crippen molar-refractivity contribution in [3.8, 4) is 0 Å². The fraction of sp³-hybridized carbons (Fsp3) is 0.450. The number of aromatic nitrogens is 1. The van der Waals surface area contributed by atoms with Crippen molar-refractivity contribution in [1.82, 2.24) is 14.8 Å². The number of rotatable bonds is 9. The lowest BCUT2D eigenvalue weighted by molar-refractivity contribution is -0.137. The van der Waals surface area contributed by atoms with E-state index < -0.39 is 12.6 Å². The summed E-state index contributed by atoms with van der Waals surface area (Å²) in [5.74, 6) is -0.232. The minimum absolute atomic E-state index is 0.124. The number of carbonyl (C=O) groups is 1. The van der Waals surface area contributed by atoms with Gasteiger partial charge in [-0.3, -0.25) is 15.0 Å². The van der Waals surface area contributed by atoms with E-state index >= 15 is 0 Å². The van der Waals surface area contributed by atoms with Gasteiger partial charge in [-0.1, -0.05) is 0 Å². The van der Waals surface area contributed by atoms with Crippen molar-refractivity contribution in [1.29, 1.82) is 0 Å². The van der Waals surface area contributed by atoms with E-state index in [4.69, 9.17) is 0 Å². The summed E-state index contributed by atoms with van der Waals surface area (Å²) in [5, 5.41) is 4.20. The van der Waals surface area contributed by atoms with Gasteiger partial charge in [0.25, 0.3) is 11.5 Å². The Morgan fingerprint density at radius 2 is 1.93 bits per heavy atom. The molecule has 0 aliphatic rings. The number of fused-ring (bicyclic) bond motifs is 1. The number of alkyl halides is 3. The Balaban J connectivity index is 2.23. The van der Waals surface area contributed by atoms with Gasteiger partial charge in [-0.2, -0.15) is 18.3 Å². The monoisotopic (exact) mass is 425 g/mol. The van der Waals surface area contributed by atoms with Gasteiger partial charge in [-0.15, -0.1) is 0 Å². The number of nitrogens with zero attached hydrogens (tertiary/aromatic N) is 3. The van der Waals surface area contributed by atoms with Crippen LogP contribution in [-0.2, 0) is 0 Å². The van der Waals surface area contributed by atoms with E-state index in [9.17, 15) is 22.8 Å². The number of likely N-dealkylation sites (N-methyl/N-ethyl adjacent to an activating group) is 2. The molecule has 0 unspecified atom stereocenters. The summed E-state index contributed by atoms with van der Waals surface area (Å²) < 4.78 is 37.2. The molecular weight excluding hydrogens is 399 g/mol. The second-order valence-electron chi connectivity index (χ2n) is 7.08. The zero-order valence-electron chi connectivity index (χ0n) is 17.3. The van der Waals surface area contributed by atoms with Crippen molar-refractivity contribution in [3.63, 3.8) is 0 Å². The first-order chi connectivity index (χ1) is 14.1. The predicted molar refractivity (Wildman–Crippen MR) is 112 cm³/mol. The minimum Gasteiger partial charge on any atom is -0.338 e. The highest BCUT2D eigenvalue weighted by atomic mass is 19.4. The van der Waals surface area contributed by atoms with Gasteiger partial charge in [0.2, 0.25) is 0 Å². The Labute approximate surface area is 172 Å². The van der Waals surface area contributed by atoms with Crippen LogP contribution in [0.2, 0.25) is 0 Å². The number of aryl methyl sites for hydroxylation is 1. The molecule has 0 aliphatic heterocycles. The number of pyridine rings is 1. The summed E-state index contributed by atoms with van der Waals surface area (Å²) in [6.07, 6.45) is -5.09. The van der Waals surface area contributed by atoms with E-state index in [0.29, 0.717) is 47.4 Å². The first-order valence-corrected chi connectivity index (χ1v) is 9.49. The van der Waals surface area contributed by atoms with Crippen molar-refractivity contribution in [3.05, 3.63) is 39.7 Å². The van der Waals surface area contributed by atoms with Crippen LogP contribution in [0.3, 0.4) is 0 Å². The van der Waals surface area contributed by atoms with Gasteiger partial charge in [-0.25, -0.2) is 0 Å². The zero-order chi connectivity index (χ0) is 22.5. The van der Waals surface area contributed by atoms with E-state index in [2.05, 4.69) is 22.2 Å². The summed E-state index contributed by atoms with van der Waals surface area (Å²) in [5.41, 5.74) is 4.44. The van der Waals surface area contributed by atoms with Crippen LogP contribution in [0, 0.1) is 6.92 Å². The highest BCUT2D eigenvalue weighted by molar-refractivity contribution is 6.02. The maximum atomic E-state index is 13.1. The number of anilines is 1. The molecular formula is C20H26F3N5O2. The topological polar surface area (TPSA) is 80.8 Å². The molecule has 30 heavy (non-hydrogen) atoms. The number of aromatic amines is 1. The standard InChI is InChI=1S/C20H26F3N5O2/c1-5-28(9-8-27(4)7-6-20(21,22)23)19(30)14-11-15-16(10-13(14)2)25-18(29)12-17(15)26-24-3/h10-12H,3,5-9H2,1-2,4H3,(H2,25,26,29). The lowest BCUT2D eigenvalue weighted by atomic mass is 10.0. The van der Waals surface area contributed by atoms with Crippen LogP contribution < -0.4 is 11.0 Å². The van der Waals surface area contributed by atoms with Crippen LogP contribution in [0.15, 0.2) is 28.1 Å². The van der Waals surface area contributed by atoms with Crippen LogP contribution in [-0.4, -0.2) is 66.8 Å². The maximum Gasteiger partial charge on any atom is 0.390 e. The number of amides is 1. The fourth-order valence-electron chi connectivity index (χ4n) is 3.11. The van der Waals surface area contributed by atoms with E-state index in [1.165, 1.54) is 6.07 Å². The third kappa shape index (κ3) is 6.06. The Bertz CT molecular complexity index is 971. The molecule has 0 atom stereocenters. The molecule has 0 radical (unpaired) electrons. The first-order valence-electron chi connectivity index (χ1n) is 9.49. The summed E-state index contributed by atoms with van der Waals surface area (Å²) in [4.78, 5) is 30.8. The second kappa shape index (κ2) is 9.75. The zero-order valence-corrected chi connectivity index (χ0v) is 17.3. The van der Waals surface area contributed by atoms with Crippen LogP contribution >= 0.6 is 0 Å². The Morgan fingerprint density at radius 3 is 2.53 bits per heavy atom. The van der Waals surface area contributed by atoms with Gasteiger partial charge in [0, 0.05) is 49.9 Å². The molecule has 2 rings (SSSR count). The van der Waals surface area contributed by atoms with Crippen LogP contribution in [0.4, 0.5) is 18.9 Å². The van der Waals surface area contributed by atoms with Gasteiger partial charge in [0.1, 0.15) is 0 Å². The highest BCUT2D eigenvalue weighted by Crippen LogP contribution is 2.25. The van der Waals surface area contributed by atoms with Crippen molar-refractivity contribution in [2.24, 2.45) is 5.10 Å². The first kappa shape index (κ1) is 23.4. The molecule has 1 aromatic heterocycles. The summed E-state index contributed by atoms with van der Waals surface area (Å²) in [6.45, 7) is 7.84. The number of nitrogens with one attached hydrogen (secondary N) is 2. The van der Waals surface area contributed by atoms with Gasteiger partial charge in [0.05, 0.1) is 17.6 Å². The van der Waals surface area contributed by atoms with E-state index in [0.717, 1.165) is 0 Å². The predicted octanol–water partition coefficient (Wildman–Crippen LogP) is 3.21. The molecule has 2 aromatic rings. The molecule has 1 aromatic carbocycles. The molecule has 10 heteroatoms. The van der Waals surface area contributed by atoms with Gasteiger partial charge < -0.3 is 14.8 Å². The third-order valence-electron chi connectivity index (χ3n) is 4.82. The second-order valence-corrected chi connectivity index (χ2v) is 7.08. The molecule has 7 nitrogen and oxygen atoms in total. The van der Waals surface area contributed by atoms with E-state index in [1.54, 1.807) is 35.9 Å². The van der Waals surface area contributed by atoms with Crippen molar-refractivity contribution < 1.29 is 18.0 Å². The van der Waals surface area contributed by atoms with Crippen molar-refractivity contribution >= 4 is 29.2 Å². The average molecular weight is 425 g/mol. The molecule has 0 bridgehead atoms. The number of hydrazone groups is 1. The molecule has 0 aliphatic carbocycles.